The van der Waals surface area contributed by atoms with Gasteiger partial charge in [-0.25, -0.2) is 0 Å². The summed E-state index contributed by atoms with van der Waals surface area (Å²) in [5.41, 5.74) is -0.102. The molecule has 0 aromatic heterocycles. The minimum atomic E-state index is -0.938. The normalized spacial score (nSPS) is 31.6. The minimum Gasteiger partial charge on any atom is -0.497 e. The van der Waals surface area contributed by atoms with Gasteiger partial charge in [-0.15, -0.1) is 12.4 Å². The average Bonchev–Trinajstić information content (AvgIpc) is 2.36. The van der Waals surface area contributed by atoms with Crippen LogP contribution in [0.1, 0.15) is 31.7 Å². The Labute approximate surface area is 114 Å². The van der Waals surface area contributed by atoms with Crippen molar-refractivity contribution in [1.82, 2.24) is 0 Å². The predicted octanol–water partition coefficient (Wildman–Crippen LogP) is 2.49. The SMILES string of the molecule is COc1cccc(C2(O)CCCC(O)C2C)c1.Cl. The van der Waals surface area contributed by atoms with Crippen LogP contribution in [0.25, 0.3) is 0 Å². The van der Waals surface area contributed by atoms with E-state index < -0.39 is 11.7 Å². The fraction of sp³-hybridized carbons (Fsp3) is 0.571. The Kier molecular flexibility index (Phi) is 5.02. The Hall–Kier alpha value is -0.770. The summed E-state index contributed by atoms with van der Waals surface area (Å²) in [7, 11) is 1.61. The maximum Gasteiger partial charge on any atom is 0.119 e. The lowest BCUT2D eigenvalue weighted by Gasteiger charge is -2.41. The summed E-state index contributed by atoms with van der Waals surface area (Å²) in [6.07, 6.45) is 1.88. The van der Waals surface area contributed by atoms with E-state index in [4.69, 9.17) is 4.74 Å². The first kappa shape index (κ1) is 15.3. The molecule has 3 nitrogen and oxygen atoms in total. The summed E-state index contributed by atoms with van der Waals surface area (Å²) in [6.45, 7) is 1.91. The first-order chi connectivity index (χ1) is 8.08. The molecular formula is C14H21ClO3. The molecule has 1 fully saturated rings. The van der Waals surface area contributed by atoms with E-state index in [0.29, 0.717) is 6.42 Å². The molecule has 3 unspecified atom stereocenters. The molecule has 102 valence electrons. The van der Waals surface area contributed by atoms with Crippen molar-refractivity contribution in [3.8, 4) is 5.75 Å². The van der Waals surface area contributed by atoms with Crippen LogP contribution in [0.4, 0.5) is 0 Å². The topological polar surface area (TPSA) is 49.7 Å². The molecular weight excluding hydrogens is 252 g/mol. The Morgan fingerprint density at radius 3 is 2.78 bits per heavy atom. The molecule has 1 aromatic rings. The standard InChI is InChI=1S/C14H20O3.ClH/c1-10-13(15)7-4-8-14(10,16)11-5-3-6-12(9-11)17-2;/h3,5-6,9-10,13,15-16H,4,7-8H2,1-2H3;1H. The van der Waals surface area contributed by atoms with Crippen molar-refractivity contribution in [2.75, 3.05) is 7.11 Å². The number of benzene rings is 1. The quantitative estimate of drug-likeness (QED) is 0.870. The van der Waals surface area contributed by atoms with E-state index in [9.17, 15) is 10.2 Å². The lowest BCUT2D eigenvalue weighted by molar-refractivity contribution is -0.102. The van der Waals surface area contributed by atoms with Crippen LogP contribution in [0, 0.1) is 5.92 Å². The fourth-order valence-corrected chi connectivity index (χ4v) is 2.68. The van der Waals surface area contributed by atoms with E-state index >= 15 is 0 Å². The second kappa shape index (κ2) is 5.91. The van der Waals surface area contributed by atoms with Gasteiger partial charge < -0.3 is 14.9 Å². The van der Waals surface area contributed by atoms with E-state index in [2.05, 4.69) is 0 Å². The van der Waals surface area contributed by atoms with E-state index in [1.807, 2.05) is 31.2 Å². The van der Waals surface area contributed by atoms with Crippen molar-refractivity contribution in [3.63, 3.8) is 0 Å². The number of hydrogen-bond donors (Lipinski definition) is 2. The van der Waals surface area contributed by atoms with Gasteiger partial charge >= 0.3 is 0 Å². The van der Waals surface area contributed by atoms with Crippen molar-refractivity contribution in [2.45, 2.75) is 37.9 Å². The second-order valence-corrected chi connectivity index (χ2v) is 4.90. The zero-order chi connectivity index (χ0) is 12.5. The highest BCUT2D eigenvalue weighted by atomic mass is 35.5. The van der Waals surface area contributed by atoms with E-state index in [1.165, 1.54) is 0 Å². The Balaban J connectivity index is 0.00000162. The average molecular weight is 273 g/mol. The third-order valence-electron chi connectivity index (χ3n) is 3.96. The van der Waals surface area contributed by atoms with Crippen molar-refractivity contribution in [2.24, 2.45) is 5.92 Å². The number of aliphatic hydroxyl groups is 2. The molecule has 0 spiro atoms. The van der Waals surface area contributed by atoms with Gasteiger partial charge in [-0.3, -0.25) is 0 Å². The van der Waals surface area contributed by atoms with Crippen LogP contribution in [-0.4, -0.2) is 23.4 Å². The van der Waals surface area contributed by atoms with Crippen molar-refractivity contribution >= 4 is 12.4 Å². The van der Waals surface area contributed by atoms with Crippen molar-refractivity contribution < 1.29 is 14.9 Å². The monoisotopic (exact) mass is 272 g/mol. The van der Waals surface area contributed by atoms with Crippen LogP contribution in [0.2, 0.25) is 0 Å². The molecule has 0 radical (unpaired) electrons. The highest BCUT2D eigenvalue weighted by Crippen LogP contribution is 2.42. The summed E-state index contributed by atoms with van der Waals surface area (Å²) in [4.78, 5) is 0. The van der Waals surface area contributed by atoms with Gasteiger partial charge in [0.15, 0.2) is 0 Å². The summed E-state index contributed by atoms with van der Waals surface area (Å²) >= 11 is 0. The smallest absolute Gasteiger partial charge is 0.119 e. The van der Waals surface area contributed by atoms with E-state index in [1.54, 1.807) is 7.11 Å². The maximum absolute atomic E-state index is 10.8. The molecule has 18 heavy (non-hydrogen) atoms. The molecule has 3 atom stereocenters. The van der Waals surface area contributed by atoms with Crippen molar-refractivity contribution in [3.05, 3.63) is 29.8 Å². The third-order valence-corrected chi connectivity index (χ3v) is 3.96. The number of methoxy groups -OCH3 is 1. The molecule has 1 saturated carbocycles. The molecule has 0 saturated heterocycles. The molecule has 0 bridgehead atoms. The highest BCUT2D eigenvalue weighted by molar-refractivity contribution is 5.85. The summed E-state index contributed by atoms with van der Waals surface area (Å²) < 4.78 is 5.18. The molecule has 0 amide bonds. The number of hydrogen-bond acceptors (Lipinski definition) is 3. The van der Waals surface area contributed by atoms with Gasteiger partial charge in [-0.1, -0.05) is 19.1 Å². The van der Waals surface area contributed by atoms with Gasteiger partial charge in [-0.05, 0) is 37.0 Å². The van der Waals surface area contributed by atoms with Gasteiger partial charge in [0.25, 0.3) is 0 Å². The van der Waals surface area contributed by atoms with E-state index in [0.717, 1.165) is 24.2 Å². The first-order valence-corrected chi connectivity index (χ1v) is 6.13. The lowest BCUT2D eigenvalue weighted by Crippen LogP contribution is -2.43. The molecule has 2 N–H and O–H groups in total. The van der Waals surface area contributed by atoms with Crippen LogP contribution >= 0.6 is 12.4 Å². The van der Waals surface area contributed by atoms with Gasteiger partial charge in [0.2, 0.25) is 0 Å². The van der Waals surface area contributed by atoms with E-state index in [-0.39, 0.29) is 18.3 Å². The zero-order valence-corrected chi connectivity index (χ0v) is 11.6. The second-order valence-electron chi connectivity index (χ2n) is 4.90. The number of halogens is 1. The molecule has 0 heterocycles. The van der Waals surface area contributed by atoms with Crippen LogP contribution < -0.4 is 4.74 Å². The molecule has 2 rings (SSSR count). The van der Waals surface area contributed by atoms with Gasteiger partial charge in [-0.2, -0.15) is 0 Å². The van der Waals surface area contributed by atoms with Crippen LogP contribution in [0.3, 0.4) is 0 Å². The fourth-order valence-electron chi connectivity index (χ4n) is 2.68. The molecule has 1 aliphatic rings. The highest BCUT2D eigenvalue weighted by Gasteiger charge is 2.42. The number of ether oxygens (including phenoxy) is 1. The van der Waals surface area contributed by atoms with Crippen LogP contribution in [0.15, 0.2) is 24.3 Å². The van der Waals surface area contributed by atoms with Gasteiger partial charge in [0, 0.05) is 5.92 Å². The third kappa shape index (κ3) is 2.63. The summed E-state index contributed by atoms with van der Waals surface area (Å²) in [6, 6.07) is 7.49. The molecule has 1 aliphatic carbocycles. The molecule has 1 aromatic carbocycles. The molecule has 0 aliphatic heterocycles. The summed E-state index contributed by atoms with van der Waals surface area (Å²) in [5.74, 6) is 0.589. The number of rotatable bonds is 2. The number of aliphatic hydroxyl groups excluding tert-OH is 1. The van der Waals surface area contributed by atoms with Crippen molar-refractivity contribution in [1.29, 1.82) is 0 Å². The maximum atomic E-state index is 10.8. The van der Waals surface area contributed by atoms with Gasteiger partial charge in [0.1, 0.15) is 5.75 Å². The zero-order valence-electron chi connectivity index (χ0n) is 10.8. The largest absolute Gasteiger partial charge is 0.497 e. The first-order valence-electron chi connectivity index (χ1n) is 6.13. The predicted molar refractivity (Wildman–Crippen MR) is 73.2 cm³/mol. The Morgan fingerprint density at radius 1 is 1.39 bits per heavy atom. The lowest BCUT2D eigenvalue weighted by atomic mass is 9.71. The van der Waals surface area contributed by atoms with Gasteiger partial charge in [0.05, 0.1) is 18.8 Å². The summed E-state index contributed by atoms with van der Waals surface area (Å²) in [5, 5.41) is 20.7. The van der Waals surface area contributed by atoms with Crippen LogP contribution in [-0.2, 0) is 5.60 Å². The Morgan fingerprint density at radius 2 is 2.11 bits per heavy atom. The minimum absolute atomic E-state index is 0. The Bertz CT molecular complexity index is 396. The van der Waals surface area contributed by atoms with Crippen LogP contribution in [0.5, 0.6) is 5.75 Å². The molecule has 4 heteroatoms.